The number of carboxylic acids is 1. The number of esters is 1. The minimum atomic E-state index is -1.38. The van der Waals surface area contributed by atoms with Crippen LogP contribution in [0.15, 0.2) is 54.6 Å². The molecule has 2 aromatic carbocycles. The van der Waals surface area contributed by atoms with E-state index >= 15 is 0 Å². The molecule has 0 amide bonds. The fourth-order valence-corrected chi connectivity index (χ4v) is 3.27. The lowest BCUT2D eigenvalue weighted by Crippen LogP contribution is -2.16. The van der Waals surface area contributed by atoms with Gasteiger partial charge in [0, 0.05) is 16.6 Å². The first kappa shape index (κ1) is 18.9. The third-order valence-electron chi connectivity index (χ3n) is 3.52. The number of aryl methyl sites for hydroxylation is 1. The lowest BCUT2D eigenvalue weighted by Gasteiger charge is -2.06. The summed E-state index contributed by atoms with van der Waals surface area (Å²) in [6, 6.07) is 16.0. The van der Waals surface area contributed by atoms with Gasteiger partial charge in [0.1, 0.15) is 5.75 Å². The zero-order valence-electron chi connectivity index (χ0n) is 13.7. The van der Waals surface area contributed by atoms with E-state index < -0.39 is 22.7 Å². The molecule has 2 aromatic rings. The number of carbonyl (C=O) groups excluding carboxylic acids is 1. The van der Waals surface area contributed by atoms with E-state index in [0.29, 0.717) is 6.61 Å². The number of rotatable bonds is 9. The van der Waals surface area contributed by atoms with Crippen LogP contribution in [0.4, 0.5) is 0 Å². The molecule has 0 aliphatic carbocycles. The summed E-state index contributed by atoms with van der Waals surface area (Å²) < 4.78 is 17.1. The summed E-state index contributed by atoms with van der Waals surface area (Å²) >= 11 is 0. The largest absolute Gasteiger partial charge is 0.478 e. The van der Waals surface area contributed by atoms with Gasteiger partial charge in [0.2, 0.25) is 0 Å². The molecule has 132 valence electrons. The average Bonchev–Trinajstić information content (AvgIpc) is 2.60. The molecule has 5 nitrogen and oxygen atoms in total. The number of aromatic carboxylic acids is 1. The Morgan fingerprint density at radius 3 is 2.28 bits per heavy atom. The number of carbonyl (C=O) groups is 2. The van der Waals surface area contributed by atoms with Gasteiger partial charge in [-0.2, -0.15) is 0 Å². The van der Waals surface area contributed by atoms with Gasteiger partial charge >= 0.3 is 11.9 Å². The van der Waals surface area contributed by atoms with Crippen molar-refractivity contribution in [3.05, 3.63) is 71.3 Å². The van der Waals surface area contributed by atoms with Gasteiger partial charge in [-0.15, -0.1) is 0 Å². The van der Waals surface area contributed by atoms with E-state index in [-0.39, 0.29) is 17.1 Å². The highest BCUT2D eigenvalue weighted by molar-refractivity contribution is 7.84. The molecule has 0 aliphatic rings. The maximum atomic E-state index is 12.0. The van der Waals surface area contributed by atoms with Crippen molar-refractivity contribution in [3.8, 4) is 0 Å². The highest BCUT2D eigenvalue weighted by atomic mass is 32.2. The molecular formula is C19H20O5S. The summed E-state index contributed by atoms with van der Waals surface area (Å²) in [7, 11) is -1.38. The van der Waals surface area contributed by atoms with Crippen LogP contribution in [0.1, 0.15) is 27.9 Å². The van der Waals surface area contributed by atoms with Crippen LogP contribution in [0.5, 0.6) is 0 Å². The van der Waals surface area contributed by atoms with Crippen LogP contribution < -0.4 is 0 Å². The predicted molar refractivity (Wildman–Crippen MR) is 95.8 cm³/mol. The molecule has 0 radical (unpaired) electrons. The van der Waals surface area contributed by atoms with Crippen LogP contribution >= 0.6 is 0 Å². The maximum Gasteiger partial charge on any atom is 0.335 e. The minimum absolute atomic E-state index is 0.161. The number of carboxylic acid groups (broad SMARTS) is 1. The van der Waals surface area contributed by atoms with Crippen LogP contribution in [-0.2, 0) is 32.5 Å². The quantitative estimate of drug-likeness (QED) is 0.549. The van der Waals surface area contributed by atoms with Gasteiger partial charge in [-0.05, 0) is 36.1 Å². The van der Waals surface area contributed by atoms with E-state index in [9.17, 15) is 13.8 Å². The molecule has 0 aromatic heterocycles. The standard InChI is InChI=1S/C19H20O5S/c20-18(24-12-4-7-15-5-2-1-3-6-15)14-25(23)13-16-8-10-17(11-9-16)19(21)22/h1-3,5-6,8-11H,4,7,12-14H2,(H,21,22). The van der Waals surface area contributed by atoms with Crippen LogP contribution in [0.25, 0.3) is 0 Å². The van der Waals surface area contributed by atoms with E-state index in [1.807, 2.05) is 30.3 Å². The Morgan fingerprint density at radius 2 is 1.64 bits per heavy atom. The summed E-state index contributed by atoms with van der Waals surface area (Å²) in [4.78, 5) is 22.5. The van der Waals surface area contributed by atoms with Crippen LogP contribution in [0, 0.1) is 0 Å². The molecule has 6 heteroatoms. The zero-order chi connectivity index (χ0) is 18.1. The van der Waals surface area contributed by atoms with Crippen LogP contribution in [0.2, 0.25) is 0 Å². The maximum absolute atomic E-state index is 12.0. The minimum Gasteiger partial charge on any atom is -0.478 e. The van der Waals surface area contributed by atoms with Crippen molar-refractivity contribution in [1.82, 2.24) is 0 Å². The van der Waals surface area contributed by atoms with Gasteiger partial charge in [-0.1, -0.05) is 42.5 Å². The first-order valence-electron chi connectivity index (χ1n) is 7.91. The van der Waals surface area contributed by atoms with Gasteiger partial charge in [0.05, 0.1) is 12.2 Å². The van der Waals surface area contributed by atoms with Crippen LogP contribution in [-0.4, -0.2) is 33.6 Å². The Kier molecular flexibility index (Phi) is 7.35. The van der Waals surface area contributed by atoms with Gasteiger partial charge < -0.3 is 9.84 Å². The molecule has 0 fully saturated rings. The summed E-state index contributed by atoms with van der Waals surface area (Å²) in [5.41, 5.74) is 2.08. The van der Waals surface area contributed by atoms with Crippen molar-refractivity contribution in [2.75, 3.05) is 12.4 Å². The Labute approximate surface area is 149 Å². The second kappa shape index (κ2) is 9.74. The Hall–Kier alpha value is -2.47. The van der Waals surface area contributed by atoms with E-state index in [0.717, 1.165) is 18.4 Å². The van der Waals surface area contributed by atoms with E-state index in [2.05, 4.69) is 0 Å². The number of hydrogen-bond donors (Lipinski definition) is 1. The fourth-order valence-electron chi connectivity index (χ4n) is 2.26. The summed E-state index contributed by atoms with van der Waals surface area (Å²) in [6.45, 7) is 0.304. The van der Waals surface area contributed by atoms with Crippen LogP contribution in [0.3, 0.4) is 0 Å². The van der Waals surface area contributed by atoms with Gasteiger partial charge in [0.25, 0.3) is 0 Å². The van der Waals surface area contributed by atoms with Crippen molar-refractivity contribution in [2.45, 2.75) is 18.6 Å². The number of ether oxygens (including phenoxy) is 1. The normalized spacial score (nSPS) is 11.7. The molecule has 1 N–H and O–H groups in total. The van der Waals surface area contributed by atoms with E-state index in [4.69, 9.17) is 9.84 Å². The zero-order valence-corrected chi connectivity index (χ0v) is 14.5. The predicted octanol–water partition coefficient (Wildman–Crippen LogP) is 2.81. The summed E-state index contributed by atoms with van der Waals surface area (Å²) in [5.74, 6) is -1.45. The van der Waals surface area contributed by atoms with E-state index in [1.54, 1.807) is 12.1 Å². The molecular weight excluding hydrogens is 340 g/mol. The Morgan fingerprint density at radius 1 is 0.960 bits per heavy atom. The molecule has 0 spiro atoms. The Bertz CT molecular complexity index is 725. The molecule has 2 rings (SSSR count). The molecule has 25 heavy (non-hydrogen) atoms. The van der Waals surface area contributed by atoms with Crippen molar-refractivity contribution in [1.29, 1.82) is 0 Å². The average molecular weight is 360 g/mol. The van der Waals surface area contributed by atoms with Gasteiger partial charge in [0.15, 0.2) is 0 Å². The van der Waals surface area contributed by atoms with Crippen molar-refractivity contribution < 1.29 is 23.6 Å². The SMILES string of the molecule is O=C(CS(=O)Cc1ccc(C(=O)O)cc1)OCCCc1ccccc1. The Balaban J connectivity index is 1.67. The molecule has 1 unspecified atom stereocenters. The van der Waals surface area contributed by atoms with E-state index in [1.165, 1.54) is 17.7 Å². The third-order valence-corrected chi connectivity index (χ3v) is 4.74. The second-order valence-corrected chi connectivity index (χ2v) is 7.00. The second-order valence-electron chi connectivity index (χ2n) is 5.54. The molecule has 0 heterocycles. The van der Waals surface area contributed by atoms with Crippen molar-refractivity contribution in [2.24, 2.45) is 0 Å². The third kappa shape index (κ3) is 6.89. The summed E-state index contributed by atoms with van der Waals surface area (Å²) in [6.07, 6.45) is 1.55. The lowest BCUT2D eigenvalue weighted by molar-refractivity contribution is -0.140. The molecule has 0 saturated heterocycles. The van der Waals surface area contributed by atoms with Gasteiger partial charge in [-0.3, -0.25) is 9.00 Å². The monoisotopic (exact) mass is 360 g/mol. The van der Waals surface area contributed by atoms with Gasteiger partial charge in [-0.25, -0.2) is 4.79 Å². The smallest absolute Gasteiger partial charge is 0.335 e. The highest BCUT2D eigenvalue weighted by Crippen LogP contribution is 2.08. The first-order chi connectivity index (χ1) is 12.0. The summed E-state index contributed by atoms with van der Waals surface area (Å²) in [5, 5.41) is 8.83. The van der Waals surface area contributed by atoms with Crippen molar-refractivity contribution >= 4 is 22.7 Å². The molecule has 0 saturated carbocycles. The number of hydrogen-bond acceptors (Lipinski definition) is 4. The first-order valence-corrected chi connectivity index (χ1v) is 9.40. The highest BCUT2D eigenvalue weighted by Gasteiger charge is 2.11. The molecule has 1 atom stereocenters. The van der Waals surface area contributed by atoms with Crippen molar-refractivity contribution in [3.63, 3.8) is 0 Å². The fraction of sp³-hybridized carbons (Fsp3) is 0.263. The molecule has 0 aliphatic heterocycles. The number of benzene rings is 2. The topological polar surface area (TPSA) is 80.7 Å². The molecule has 0 bridgehead atoms. The lowest BCUT2D eigenvalue weighted by atomic mass is 10.1.